The van der Waals surface area contributed by atoms with Crippen molar-refractivity contribution < 1.29 is 152 Å². The molecule has 0 unspecified atom stereocenters. The predicted octanol–water partition coefficient (Wildman–Crippen LogP) is 21.0. The molecule has 0 amide bonds. The van der Waals surface area contributed by atoms with Crippen LogP contribution >= 0.6 is 0 Å². The first-order chi connectivity index (χ1) is 59.7. The molecule has 11 heterocycles. The summed E-state index contributed by atoms with van der Waals surface area (Å²) >= 11 is 0. The minimum Gasteiger partial charge on any atom is -0.574 e. The molecule has 8 aromatic carbocycles. The van der Waals surface area contributed by atoms with E-state index in [2.05, 4.69) is 157 Å². The molecule has 657 valence electrons. The summed E-state index contributed by atoms with van der Waals surface area (Å²) in [5.41, 5.74) is 19.5. The van der Waals surface area contributed by atoms with E-state index in [1.54, 1.807) is 49.1 Å². The van der Waals surface area contributed by atoms with E-state index in [4.69, 9.17) is 14.7 Å². The molecule has 26 heteroatoms. The Morgan fingerprint density at radius 2 is 0.773 bits per heavy atom. The summed E-state index contributed by atoms with van der Waals surface area (Å²) in [7, 11) is 0. The molecular formula is C102H82Ir3N14O6OsPt2-6. The second-order valence-corrected chi connectivity index (χ2v) is 26.4. The Hall–Kier alpha value is -12.5. The van der Waals surface area contributed by atoms with Gasteiger partial charge in [-0.25, -0.2) is 9.97 Å². The number of rotatable bonds is 10. The smallest absolute Gasteiger partial charge is 0.574 e. The van der Waals surface area contributed by atoms with Gasteiger partial charge in [0.05, 0.1) is 39.7 Å². The van der Waals surface area contributed by atoms with E-state index in [0.29, 0.717) is 39.7 Å². The molecule has 0 aliphatic carbocycles. The van der Waals surface area contributed by atoms with E-state index < -0.39 is 0 Å². The largest absolute Gasteiger partial charge is 2.00 e. The molecule has 3 radical (unpaired) electrons. The Bertz CT molecular complexity index is 6100. The summed E-state index contributed by atoms with van der Waals surface area (Å²) in [6.07, 6.45) is 11.8. The first-order valence-corrected chi connectivity index (χ1v) is 38.1. The van der Waals surface area contributed by atoms with Gasteiger partial charge in [0.1, 0.15) is 11.5 Å². The molecule has 0 atom stereocenters. The fourth-order valence-corrected chi connectivity index (χ4v) is 11.9. The van der Waals surface area contributed by atoms with Gasteiger partial charge in [-0.2, -0.15) is 0 Å². The topological polar surface area (TPSA) is 296 Å². The van der Waals surface area contributed by atoms with Crippen molar-refractivity contribution in [3.05, 3.63) is 405 Å². The third-order valence-electron chi connectivity index (χ3n) is 17.5. The van der Waals surface area contributed by atoms with Gasteiger partial charge >= 0.3 is 21.1 Å². The first kappa shape index (κ1) is 108. The number of hydrogen-bond acceptors (Lipinski definition) is 17. The number of ketones is 1. The number of phenols is 2. The van der Waals surface area contributed by atoms with Gasteiger partial charge in [-0.15, -0.1) is 108 Å². The van der Waals surface area contributed by atoms with Crippen molar-refractivity contribution in [1.29, 1.82) is 0 Å². The number of allylic oxidation sites excluding steroid dienone is 2. The average Bonchev–Trinajstić information content (AvgIpc) is 1.05. The summed E-state index contributed by atoms with van der Waals surface area (Å²) in [5.74, 6) is 1.02. The van der Waals surface area contributed by atoms with Crippen molar-refractivity contribution >= 4 is 51.8 Å². The zero-order valence-electron chi connectivity index (χ0n) is 69.5. The van der Waals surface area contributed by atoms with Crippen LogP contribution < -0.4 is 15.2 Å². The fourth-order valence-electron chi connectivity index (χ4n) is 11.9. The second-order valence-electron chi connectivity index (χ2n) is 26.4. The SMILES string of the molecule is CC(=O)C=C(C)O.Cc1c[n-]c(-c2ccccn2)n1.Cc1cc(-c2ccccn2)[n-]n1.Cc1cc(-c2ccccn2)[n-]n1.Cc1cccc2nc(-c3[c-]cccc3)ccc12.Oc1ccccc1-c1cccc(-c2cccc(-c3ccccc3O)n2)n1.[CH-]=O.[CH-]=O.[Ir].[Ir].[Ir].[Os].[Pt+2].[Pt].[c-]1ccccc1-c1nccc2ccccc12.[c-]1ccccc1-c1nccc2ccccc12. The number of pyridine rings is 8. The zero-order valence-corrected chi connectivity index (χ0v) is 83.8. The first-order valence-electron chi connectivity index (χ1n) is 38.1. The van der Waals surface area contributed by atoms with E-state index in [-0.39, 0.29) is 145 Å². The molecule has 0 bridgehead atoms. The quantitative estimate of drug-likeness (QED) is 0.0496. The number of imidazole rings is 1. The number of carbonyl (C=O) groups is 1. The number of aromatic nitrogens is 14. The number of benzene rings is 8. The Labute approximate surface area is 826 Å². The van der Waals surface area contributed by atoms with E-state index in [1.165, 1.54) is 52.4 Å². The molecule has 0 fully saturated rings. The normalized spacial score (nSPS) is 9.72. The van der Waals surface area contributed by atoms with Crippen molar-refractivity contribution in [2.45, 2.75) is 41.5 Å². The number of aliphatic hydroxyl groups excluding tert-OH is 1. The van der Waals surface area contributed by atoms with Crippen molar-refractivity contribution in [2.75, 3.05) is 0 Å². The number of aromatic hydroxyl groups is 2. The van der Waals surface area contributed by atoms with Crippen LogP contribution in [0.4, 0.5) is 0 Å². The summed E-state index contributed by atoms with van der Waals surface area (Å²) in [4.78, 5) is 69.2. The monoisotopic (exact) mass is 2760 g/mol. The molecule has 3 N–H and O–H groups in total. The summed E-state index contributed by atoms with van der Waals surface area (Å²) in [5, 5.41) is 50.2. The zero-order chi connectivity index (χ0) is 86.2. The molecule has 19 rings (SSSR count). The average molecular weight is 2760 g/mol. The number of aliphatic hydroxyl groups is 1. The summed E-state index contributed by atoms with van der Waals surface area (Å²) in [6, 6.07) is 111. The number of para-hydroxylation sites is 2. The molecule has 128 heavy (non-hydrogen) atoms. The molecule has 19 aromatic rings. The van der Waals surface area contributed by atoms with Crippen LogP contribution in [0, 0.1) is 45.9 Å². The van der Waals surface area contributed by atoms with Gasteiger partial charge in [-0.1, -0.05) is 163 Å². The summed E-state index contributed by atoms with van der Waals surface area (Å²) in [6.45, 7) is 17.2. The maximum absolute atomic E-state index is 10.1. The number of carbonyl (C=O) groups excluding carboxylic acids is 3. The van der Waals surface area contributed by atoms with Crippen molar-refractivity contribution in [2.24, 2.45) is 0 Å². The molecule has 0 aliphatic heterocycles. The fraction of sp³-hybridized carbons (Fsp3) is 0.0588. The molecule has 0 saturated heterocycles. The number of aryl methyl sites for hydroxylation is 4. The van der Waals surface area contributed by atoms with E-state index in [1.807, 2.05) is 276 Å². The molecule has 0 spiro atoms. The minimum atomic E-state index is -0.125. The van der Waals surface area contributed by atoms with E-state index in [9.17, 15) is 15.0 Å². The van der Waals surface area contributed by atoms with Crippen LogP contribution in [-0.4, -0.2) is 89.7 Å². The van der Waals surface area contributed by atoms with Crippen molar-refractivity contribution in [3.63, 3.8) is 0 Å². The van der Waals surface area contributed by atoms with Gasteiger partial charge in [-0.05, 0) is 195 Å². The van der Waals surface area contributed by atoms with E-state index >= 15 is 0 Å². The number of fused-ring (bicyclic) bond motifs is 3. The van der Waals surface area contributed by atoms with Gasteiger partial charge < -0.3 is 65.2 Å². The number of nitrogens with zero attached hydrogens (tertiary/aromatic N) is 14. The van der Waals surface area contributed by atoms with Gasteiger partial charge in [-0.3, -0.25) is 38.3 Å². The maximum Gasteiger partial charge on any atom is 2.00 e. The second kappa shape index (κ2) is 58.0. The Morgan fingerprint density at radius 1 is 0.375 bits per heavy atom. The Balaban J connectivity index is 0.000000309. The molecule has 11 aromatic heterocycles. The van der Waals surface area contributed by atoms with Gasteiger partial charge in [0.15, 0.2) is 5.78 Å². The van der Waals surface area contributed by atoms with Crippen LogP contribution in [0.25, 0.3) is 134 Å². The third-order valence-corrected chi connectivity index (χ3v) is 17.5. The van der Waals surface area contributed by atoms with Crippen LogP contribution in [0.2, 0.25) is 0 Å². The molecular weight excluding hydrogens is 2670 g/mol. The molecule has 20 nitrogen and oxygen atoms in total. The van der Waals surface area contributed by atoms with Crippen molar-refractivity contribution in [3.8, 4) is 113 Å². The maximum atomic E-state index is 10.1. The Kier molecular flexibility index (Phi) is 48.8. The van der Waals surface area contributed by atoms with Crippen LogP contribution in [0.1, 0.15) is 36.5 Å². The summed E-state index contributed by atoms with van der Waals surface area (Å²) < 4.78 is 0. The van der Waals surface area contributed by atoms with Crippen LogP contribution in [0.3, 0.4) is 0 Å². The Morgan fingerprint density at radius 3 is 1.16 bits per heavy atom. The number of phenolic OH excluding ortho intramolecular Hbond substituents is 2. The van der Waals surface area contributed by atoms with Crippen molar-refractivity contribution in [1.82, 2.24) is 70.2 Å². The van der Waals surface area contributed by atoms with Crippen LogP contribution in [-0.2, 0) is 137 Å². The van der Waals surface area contributed by atoms with Crippen LogP contribution in [0.15, 0.2) is 364 Å². The van der Waals surface area contributed by atoms with Gasteiger partial charge in [0, 0.05) is 178 Å². The third kappa shape index (κ3) is 32.7. The molecule has 0 saturated carbocycles. The van der Waals surface area contributed by atoms with Crippen LogP contribution in [0.5, 0.6) is 11.5 Å². The minimum absolute atomic E-state index is 0. The van der Waals surface area contributed by atoms with E-state index in [0.717, 1.165) is 84.8 Å². The van der Waals surface area contributed by atoms with Gasteiger partial charge in [0.2, 0.25) is 0 Å². The number of hydrogen-bond donors (Lipinski definition) is 3. The molecule has 0 aliphatic rings. The standard InChI is InChI=1S/C22H16N2O2.C16H12N.2C15H10N.3C9H8N3.C5H8O2.2CHO.3Ir.Os.2Pt/c25-21-13-3-1-7-15(21)17-9-5-11-19(23-17)20-12-6-10-18(24-20)16-8-2-4-14-22(16)26;1-12-6-5-9-16-14(12)10-11-15(17-16)13-7-3-2-4-8-13;2*1-2-7-13(8-3-1)15-14-9-5-4-6-12(14)10-11-16-15;1-7-6-11-9(12-7)8-4-2-3-5-10-8;2*1-7-6-9(12-11-7)8-4-2-3-5-10-8;1-4(6)3-5(2)7;2*1-2;;;;;;/h1-14,25-26H;2-7,9-11H,1H3;2*1-7,9-11H;3*2-6H,1H3;3,6H,1-2H3;2*1H;;;;;;/q;6*-1;;2*-1;;;;;;+2. The predicted molar refractivity (Wildman–Crippen MR) is 482 cm³/mol. The van der Waals surface area contributed by atoms with Gasteiger partial charge in [0.25, 0.3) is 0 Å².